The number of hydrogen-bond donors (Lipinski definition) is 1. The van der Waals surface area contributed by atoms with Crippen molar-refractivity contribution < 1.29 is 13.2 Å². The highest BCUT2D eigenvalue weighted by atomic mass is 35.5. The van der Waals surface area contributed by atoms with E-state index >= 15 is 0 Å². The van der Waals surface area contributed by atoms with Gasteiger partial charge in [0.2, 0.25) is 15.9 Å². The number of halogens is 1. The molecule has 0 fully saturated rings. The second-order valence-electron chi connectivity index (χ2n) is 6.38. The Labute approximate surface area is 160 Å². The van der Waals surface area contributed by atoms with Crippen LogP contribution in [0.3, 0.4) is 0 Å². The minimum absolute atomic E-state index is 0.0341. The zero-order chi connectivity index (χ0) is 19.5. The van der Waals surface area contributed by atoms with Crippen molar-refractivity contribution in [2.45, 2.75) is 27.2 Å². The third kappa shape index (κ3) is 5.22. The molecular formula is C19H23ClN2O3S. The van der Waals surface area contributed by atoms with Gasteiger partial charge in [-0.1, -0.05) is 29.8 Å². The third-order valence-corrected chi connectivity index (χ3v) is 5.46. The summed E-state index contributed by atoms with van der Waals surface area (Å²) in [6, 6.07) is 10.9. The fraction of sp³-hybridized carbons (Fsp3) is 0.316. The summed E-state index contributed by atoms with van der Waals surface area (Å²) >= 11 is 5.96. The first-order valence-corrected chi connectivity index (χ1v) is 10.4. The van der Waals surface area contributed by atoms with Crippen molar-refractivity contribution in [3.8, 4) is 0 Å². The van der Waals surface area contributed by atoms with E-state index in [2.05, 4.69) is 5.32 Å². The van der Waals surface area contributed by atoms with Crippen LogP contribution in [0.1, 0.15) is 23.1 Å². The van der Waals surface area contributed by atoms with Gasteiger partial charge < -0.3 is 5.32 Å². The third-order valence-electron chi connectivity index (χ3n) is 4.05. The minimum Gasteiger partial charge on any atom is -0.326 e. The number of sulfonamides is 1. The van der Waals surface area contributed by atoms with E-state index in [1.54, 1.807) is 12.1 Å². The van der Waals surface area contributed by atoms with E-state index in [1.165, 1.54) is 4.31 Å². The number of nitrogens with one attached hydrogen (secondary N) is 1. The van der Waals surface area contributed by atoms with Crippen LogP contribution >= 0.6 is 11.6 Å². The summed E-state index contributed by atoms with van der Waals surface area (Å²) in [5.41, 5.74) is 3.90. The molecular weight excluding hydrogens is 372 g/mol. The first kappa shape index (κ1) is 20.3. The van der Waals surface area contributed by atoms with Crippen LogP contribution in [0, 0.1) is 20.8 Å². The topological polar surface area (TPSA) is 66.5 Å². The maximum absolute atomic E-state index is 12.3. The van der Waals surface area contributed by atoms with Crippen molar-refractivity contribution in [3.05, 3.63) is 58.1 Å². The SMILES string of the molecule is Cc1ccc(C)c(N(CCC(=O)Nc2cc(Cl)ccc2C)S(C)(=O)=O)c1. The largest absolute Gasteiger partial charge is 0.326 e. The summed E-state index contributed by atoms with van der Waals surface area (Å²) in [7, 11) is -3.51. The van der Waals surface area contributed by atoms with E-state index in [0.717, 1.165) is 22.9 Å². The van der Waals surface area contributed by atoms with E-state index in [4.69, 9.17) is 11.6 Å². The Hall–Kier alpha value is -2.05. The van der Waals surface area contributed by atoms with Gasteiger partial charge in [0.05, 0.1) is 11.9 Å². The van der Waals surface area contributed by atoms with Crippen molar-refractivity contribution in [1.29, 1.82) is 0 Å². The predicted molar refractivity (Wildman–Crippen MR) is 108 cm³/mol. The van der Waals surface area contributed by atoms with Crippen molar-refractivity contribution >= 4 is 38.9 Å². The van der Waals surface area contributed by atoms with E-state index in [-0.39, 0.29) is 18.9 Å². The molecule has 0 saturated carbocycles. The smallest absolute Gasteiger partial charge is 0.232 e. The van der Waals surface area contributed by atoms with Gasteiger partial charge in [-0.25, -0.2) is 8.42 Å². The number of benzene rings is 2. The number of carbonyl (C=O) groups excluding carboxylic acids is 1. The van der Waals surface area contributed by atoms with Crippen molar-refractivity contribution in [2.24, 2.45) is 0 Å². The lowest BCUT2D eigenvalue weighted by Crippen LogP contribution is -2.33. The summed E-state index contributed by atoms with van der Waals surface area (Å²) in [4.78, 5) is 12.3. The Morgan fingerprint density at radius 2 is 1.73 bits per heavy atom. The lowest BCUT2D eigenvalue weighted by molar-refractivity contribution is -0.116. The molecule has 2 aromatic carbocycles. The number of carbonyl (C=O) groups is 1. The van der Waals surface area contributed by atoms with Gasteiger partial charge in [-0.3, -0.25) is 9.10 Å². The van der Waals surface area contributed by atoms with Gasteiger partial charge in [-0.05, 0) is 55.7 Å². The van der Waals surface area contributed by atoms with Gasteiger partial charge in [-0.15, -0.1) is 0 Å². The molecule has 26 heavy (non-hydrogen) atoms. The van der Waals surface area contributed by atoms with Crippen LogP contribution in [0.2, 0.25) is 5.02 Å². The zero-order valence-corrected chi connectivity index (χ0v) is 16.9. The van der Waals surface area contributed by atoms with Gasteiger partial charge in [0.25, 0.3) is 0 Å². The normalized spacial score (nSPS) is 11.3. The van der Waals surface area contributed by atoms with Crippen molar-refractivity contribution in [2.75, 3.05) is 22.4 Å². The summed E-state index contributed by atoms with van der Waals surface area (Å²) in [6.07, 6.45) is 1.18. The molecule has 0 aromatic heterocycles. The van der Waals surface area contributed by atoms with Crippen molar-refractivity contribution in [1.82, 2.24) is 0 Å². The molecule has 0 atom stereocenters. The van der Waals surface area contributed by atoms with Crippen molar-refractivity contribution in [3.63, 3.8) is 0 Å². The molecule has 0 aliphatic rings. The second kappa shape index (κ2) is 8.10. The number of rotatable bonds is 6. The predicted octanol–water partition coefficient (Wildman–Crippen LogP) is 4.06. The van der Waals surface area contributed by atoms with Gasteiger partial charge in [0, 0.05) is 23.7 Å². The Bertz CT molecular complexity index is 926. The van der Waals surface area contributed by atoms with E-state index in [9.17, 15) is 13.2 Å². The van der Waals surface area contributed by atoms with Crippen LogP contribution in [0.15, 0.2) is 36.4 Å². The number of aryl methyl sites for hydroxylation is 3. The number of hydrogen-bond acceptors (Lipinski definition) is 3. The zero-order valence-electron chi connectivity index (χ0n) is 15.3. The summed E-state index contributed by atoms with van der Waals surface area (Å²) in [5, 5.41) is 3.32. The maximum Gasteiger partial charge on any atom is 0.232 e. The maximum atomic E-state index is 12.3. The summed E-state index contributed by atoms with van der Waals surface area (Å²) < 4.78 is 25.8. The Kier molecular flexibility index (Phi) is 6.31. The van der Waals surface area contributed by atoms with E-state index < -0.39 is 10.0 Å². The Morgan fingerprint density at radius 3 is 2.38 bits per heavy atom. The monoisotopic (exact) mass is 394 g/mol. The first-order chi connectivity index (χ1) is 12.1. The number of nitrogens with zero attached hydrogens (tertiary/aromatic N) is 1. The highest BCUT2D eigenvalue weighted by Crippen LogP contribution is 2.25. The Morgan fingerprint density at radius 1 is 1.08 bits per heavy atom. The molecule has 0 radical (unpaired) electrons. The Balaban J connectivity index is 2.16. The molecule has 7 heteroatoms. The second-order valence-corrected chi connectivity index (χ2v) is 8.73. The molecule has 0 heterocycles. The van der Waals surface area contributed by atoms with Crippen LogP contribution in [0.5, 0.6) is 0 Å². The fourth-order valence-corrected chi connectivity index (χ4v) is 3.75. The molecule has 0 saturated heterocycles. The highest BCUT2D eigenvalue weighted by molar-refractivity contribution is 7.92. The molecule has 140 valence electrons. The number of amides is 1. The number of anilines is 2. The summed E-state index contributed by atoms with van der Waals surface area (Å²) in [5.74, 6) is -0.269. The fourth-order valence-electron chi connectivity index (χ4n) is 2.60. The van der Waals surface area contributed by atoms with Crippen LogP contribution < -0.4 is 9.62 Å². The van der Waals surface area contributed by atoms with Gasteiger partial charge in [0.1, 0.15) is 0 Å². The molecule has 1 amide bonds. The lowest BCUT2D eigenvalue weighted by Gasteiger charge is -2.24. The van der Waals surface area contributed by atoms with Gasteiger partial charge >= 0.3 is 0 Å². The standard InChI is InChI=1S/C19H23ClN2O3S/c1-13-5-6-15(3)18(11-13)22(26(4,24)25)10-9-19(23)21-17-12-16(20)8-7-14(17)2/h5-8,11-12H,9-10H2,1-4H3,(H,21,23). The molecule has 2 rings (SSSR count). The molecule has 2 aromatic rings. The molecule has 0 aliphatic carbocycles. The van der Waals surface area contributed by atoms with Crippen LogP contribution in [-0.4, -0.2) is 27.1 Å². The minimum atomic E-state index is -3.51. The van der Waals surface area contributed by atoms with Gasteiger partial charge in [-0.2, -0.15) is 0 Å². The molecule has 5 nitrogen and oxygen atoms in total. The molecule has 0 unspecified atom stereocenters. The molecule has 0 aliphatic heterocycles. The van der Waals surface area contributed by atoms with Crippen LogP contribution in [-0.2, 0) is 14.8 Å². The summed E-state index contributed by atoms with van der Waals surface area (Å²) in [6.45, 7) is 5.68. The highest BCUT2D eigenvalue weighted by Gasteiger charge is 2.20. The van der Waals surface area contributed by atoms with Gasteiger partial charge in [0.15, 0.2) is 0 Å². The van der Waals surface area contributed by atoms with E-state index in [1.807, 2.05) is 45.0 Å². The first-order valence-electron chi connectivity index (χ1n) is 8.19. The molecule has 0 bridgehead atoms. The average molecular weight is 395 g/mol. The van der Waals surface area contributed by atoms with E-state index in [0.29, 0.717) is 16.4 Å². The molecule has 1 N–H and O–H groups in total. The molecule has 0 spiro atoms. The average Bonchev–Trinajstić information content (AvgIpc) is 2.53. The van der Waals surface area contributed by atoms with Crippen LogP contribution in [0.25, 0.3) is 0 Å². The quantitative estimate of drug-likeness (QED) is 0.803. The lowest BCUT2D eigenvalue weighted by atomic mass is 10.1. The van der Waals surface area contributed by atoms with Crippen LogP contribution in [0.4, 0.5) is 11.4 Å².